The maximum absolute atomic E-state index is 6.14. The third-order valence-corrected chi connectivity index (χ3v) is 3.44. The lowest BCUT2D eigenvalue weighted by atomic mass is 10.3. The molecule has 0 aliphatic carbocycles. The van der Waals surface area contributed by atoms with Crippen LogP contribution in [0.3, 0.4) is 0 Å². The first kappa shape index (κ1) is 12.4. The highest BCUT2D eigenvalue weighted by Crippen LogP contribution is 2.24. The fraction of sp³-hybridized carbons (Fsp3) is 0.250. The van der Waals surface area contributed by atoms with Gasteiger partial charge >= 0.3 is 0 Å². The molecule has 3 rings (SSSR count). The summed E-state index contributed by atoms with van der Waals surface area (Å²) in [7, 11) is 0. The minimum Gasteiger partial charge on any atom is -0.343 e. The van der Waals surface area contributed by atoms with E-state index in [2.05, 4.69) is 15.1 Å². The minimum atomic E-state index is 0.331. The normalized spacial score (nSPS) is 11.3. The van der Waals surface area contributed by atoms with Crippen LogP contribution in [0.15, 0.2) is 29.1 Å². The summed E-state index contributed by atoms with van der Waals surface area (Å²) in [6.07, 6.45) is 1.97. The number of rotatable bonds is 4. The Kier molecular flexibility index (Phi) is 3.40. The molecule has 7 heteroatoms. The number of halogens is 2. The van der Waals surface area contributed by atoms with Gasteiger partial charge < -0.3 is 9.09 Å². The summed E-state index contributed by atoms with van der Waals surface area (Å²) in [5.74, 6) is 1.77. The van der Waals surface area contributed by atoms with E-state index in [-0.39, 0.29) is 0 Å². The summed E-state index contributed by atoms with van der Waals surface area (Å²) in [5.41, 5.74) is 1.74. The number of nitrogens with zero attached hydrogens (tertiary/aromatic N) is 4. The van der Waals surface area contributed by atoms with Crippen LogP contribution in [0.4, 0.5) is 0 Å². The lowest BCUT2D eigenvalue weighted by molar-refractivity contribution is 0.408. The quantitative estimate of drug-likeness (QED) is 0.694. The van der Waals surface area contributed by atoms with Crippen LogP contribution in [-0.4, -0.2) is 19.7 Å². The summed E-state index contributed by atoms with van der Waals surface area (Å²) < 4.78 is 6.75. The van der Waals surface area contributed by atoms with Gasteiger partial charge in [0, 0.05) is 13.0 Å². The molecule has 2 heterocycles. The SMILES string of the molecule is ClCc1nc2c(Cl)cccc2n1CCc1ncon1. The van der Waals surface area contributed by atoms with Crippen molar-refractivity contribution in [3.63, 3.8) is 0 Å². The molecule has 0 N–H and O–H groups in total. The lowest BCUT2D eigenvalue weighted by Crippen LogP contribution is -2.05. The van der Waals surface area contributed by atoms with E-state index in [1.54, 1.807) is 0 Å². The number of fused-ring (bicyclic) bond motifs is 1. The fourth-order valence-electron chi connectivity index (χ4n) is 2.03. The predicted octanol–water partition coefficient (Wildman–Crippen LogP) is 3.05. The average Bonchev–Trinajstić information content (AvgIpc) is 3.03. The van der Waals surface area contributed by atoms with Crippen molar-refractivity contribution in [2.45, 2.75) is 18.8 Å². The van der Waals surface area contributed by atoms with Crippen LogP contribution in [-0.2, 0) is 18.8 Å². The highest BCUT2D eigenvalue weighted by molar-refractivity contribution is 6.35. The van der Waals surface area contributed by atoms with E-state index >= 15 is 0 Å². The molecular weight excluding hydrogens is 287 g/mol. The zero-order valence-electron chi connectivity index (χ0n) is 9.88. The number of hydrogen-bond acceptors (Lipinski definition) is 4. The first-order valence-electron chi connectivity index (χ1n) is 5.74. The van der Waals surface area contributed by atoms with Crippen molar-refractivity contribution in [1.82, 2.24) is 19.7 Å². The number of hydrogen-bond donors (Lipinski definition) is 0. The van der Waals surface area contributed by atoms with Crippen molar-refractivity contribution in [2.24, 2.45) is 0 Å². The van der Waals surface area contributed by atoms with Crippen LogP contribution in [0, 0.1) is 0 Å². The van der Waals surface area contributed by atoms with Gasteiger partial charge in [-0.05, 0) is 12.1 Å². The molecule has 98 valence electrons. The van der Waals surface area contributed by atoms with E-state index in [9.17, 15) is 0 Å². The van der Waals surface area contributed by atoms with Crippen molar-refractivity contribution in [3.8, 4) is 0 Å². The zero-order chi connectivity index (χ0) is 13.2. The fourth-order valence-corrected chi connectivity index (χ4v) is 2.44. The molecule has 5 nitrogen and oxygen atoms in total. The number of imidazole rings is 1. The molecule has 0 atom stereocenters. The molecule has 2 aromatic heterocycles. The Morgan fingerprint density at radius 2 is 2.21 bits per heavy atom. The smallest absolute Gasteiger partial charge is 0.213 e. The largest absolute Gasteiger partial charge is 0.343 e. The van der Waals surface area contributed by atoms with Gasteiger partial charge in [0.1, 0.15) is 11.3 Å². The maximum Gasteiger partial charge on any atom is 0.213 e. The number of aromatic nitrogens is 4. The van der Waals surface area contributed by atoms with Gasteiger partial charge in [0.2, 0.25) is 6.39 Å². The standard InChI is InChI=1S/C12H10Cl2N4O/c13-6-11-16-12-8(14)2-1-3-9(12)18(11)5-4-10-15-7-19-17-10/h1-3,7H,4-6H2. The van der Waals surface area contributed by atoms with Crippen LogP contribution < -0.4 is 0 Å². The van der Waals surface area contributed by atoms with Crippen LogP contribution >= 0.6 is 23.2 Å². The first-order chi connectivity index (χ1) is 9.29. The van der Waals surface area contributed by atoms with Crippen LogP contribution in [0.2, 0.25) is 5.02 Å². The number of para-hydroxylation sites is 1. The van der Waals surface area contributed by atoms with Crippen molar-refractivity contribution in [2.75, 3.05) is 0 Å². The monoisotopic (exact) mass is 296 g/mol. The van der Waals surface area contributed by atoms with Gasteiger partial charge in [-0.25, -0.2) is 4.98 Å². The molecule has 19 heavy (non-hydrogen) atoms. The van der Waals surface area contributed by atoms with Gasteiger partial charge in [-0.3, -0.25) is 0 Å². The molecule has 3 aromatic rings. The zero-order valence-corrected chi connectivity index (χ0v) is 11.4. The van der Waals surface area contributed by atoms with E-state index < -0.39 is 0 Å². The number of benzene rings is 1. The molecule has 1 aromatic carbocycles. The third kappa shape index (κ3) is 2.31. The van der Waals surface area contributed by atoms with E-state index in [0.29, 0.717) is 29.7 Å². The lowest BCUT2D eigenvalue weighted by Gasteiger charge is -2.05. The molecule has 0 saturated carbocycles. The molecule has 0 radical (unpaired) electrons. The van der Waals surface area contributed by atoms with Gasteiger partial charge in [-0.1, -0.05) is 22.8 Å². The average molecular weight is 297 g/mol. The molecule has 0 aliphatic heterocycles. The van der Waals surface area contributed by atoms with Crippen molar-refractivity contribution < 1.29 is 4.52 Å². The van der Waals surface area contributed by atoms with Crippen LogP contribution in [0.5, 0.6) is 0 Å². The summed E-state index contributed by atoms with van der Waals surface area (Å²) in [6.45, 7) is 0.679. The Balaban J connectivity index is 1.99. The summed E-state index contributed by atoms with van der Waals surface area (Å²) >= 11 is 12.1. The van der Waals surface area contributed by atoms with Gasteiger partial charge in [0.25, 0.3) is 0 Å². The van der Waals surface area contributed by atoms with E-state index in [1.165, 1.54) is 6.39 Å². The highest BCUT2D eigenvalue weighted by Gasteiger charge is 2.12. The Bertz CT molecular complexity index is 693. The Hall–Kier alpha value is -1.59. The van der Waals surface area contributed by atoms with E-state index in [0.717, 1.165) is 16.9 Å². The topological polar surface area (TPSA) is 56.7 Å². The van der Waals surface area contributed by atoms with Gasteiger partial charge in [-0.2, -0.15) is 4.98 Å². The second-order valence-electron chi connectivity index (χ2n) is 4.02. The number of aryl methyl sites for hydroxylation is 2. The summed E-state index contributed by atoms with van der Waals surface area (Å²) in [5, 5.41) is 4.42. The highest BCUT2D eigenvalue weighted by atomic mass is 35.5. The van der Waals surface area contributed by atoms with E-state index in [1.807, 2.05) is 22.8 Å². The van der Waals surface area contributed by atoms with Gasteiger partial charge in [0.15, 0.2) is 5.82 Å². The number of alkyl halides is 1. The summed E-state index contributed by atoms with van der Waals surface area (Å²) in [6, 6.07) is 5.69. The van der Waals surface area contributed by atoms with Crippen LogP contribution in [0.25, 0.3) is 11.0 Å². The molecule has 0 unspecified atom stereocenters. The van der Waals surface area contributed by atoms with Crippen molar-refractivity contribution >= 4 is 34.2 Å². The molecule has 0 amide bonds. The second kappa shape index (κ2) is 5.19. The Labute approximate surface area is 119 Å². The predicted molar refractivity (Wildman–Crippen MR) is 72.3 cm³/mol. The maximum atomic E-state index is 6.14. The minimum absolute atomic E-state index is 0.331. The van der Waals surface area contributed by atoms with Gasteiger partial charge in [-0.15, -0.1) is 11.6 Å². The molecular formula is C12H10Cl2N4O. The molecule has 0 fully saturated rings. The summed E-state index contributed by atoms with van der Waals surface area (Å²) in [4.78, 5) is 8.46. The Morgan fingerprint density at radius 3 is 2.95 bits per heavy atom. The van der Waals surface area contributed by atoms with Crippen molar-refractivity contribution in [1.29, 1.82) is 0 Å². The third-order valence-electron chi connectivity index (χ3n) is 2.89. The molecule has 0 bridgehead atoms. The Morgan fingerprint density at radius 1 is 1.32 bits per heavy atom. The van der Waals surface area contributed by atoms with Crippen molar-refractivity contribution in [3.05, 3.63) is 41.3 Å². The molecule has 0 spiro atoms. The second-order valence-corrected chi connectivity index (χ2v) is 4.69. The molecule has 0 saturated heterocycles. The molecule has 0 aliphatic rings. The van der Waals surface area contributed by atoms with E-state index in [4.69, 9.17) is 27.7 Å². The van der Waals surface area contributed by atoms with Crippen LogP contribution in [0.1, 0.15) is 11.6 Å². The first-order valence-corrected chi connectivity index (χ1v) is 6.65. The van der Waals surface area contributed by atoms with Gasteiger partial charge in [0.05, 0.1) is 16.4 Å².